The van der Waals surface area contributed by atoms with Gasteiger partial charge in [0.05, 0.1) is 0 Å². The number of hydrogen-bond donors (Lipinski definition) is 1. The highest BCUT2D eigenvalue weighted by Crippen LogP contribution is 2.27. The molecule has 0 spiro atoms. The average Bonchev–Trinajstić information content (AvgIpc) is 3.00. The standard InChI is InChI=1S/C18H20N6S/c1-4-5-10-20-17-21-14(11-19)15-16(23-17)24(18(22-15)25-3)13-8-6-12(2)7-9-13/h6-9H,4-5,10H2,1-3H3,(H,20,21,23). The van der Waals surface area contributed by atoms with Gasteiger partial charge in [-0.15, -0.1) is 0 Å². The van der Waals surface area contributed by atoms with Crippen LogP contribution in [0.15, 0.2) is 29.4 Å². The monoisotopic (exact) mass is 352 g/mol. The van der Waals surface area contributed by atoms with Crippen LogP contribution in [0.3, 0.4) is 0 Å². The fourth-order valence-corrected chi connectivity index (χ4v) is 3.09. The number of rotatable bonds is 6. The Balaban J connectivity index is 2.18. The molecule has 0 aliphatic rings. The maximum atomic E-state index is 9.49. The van der Waals surface area contributed by atoms with E-state index < -0.39 is 0 Å². The summed E-state index contributed by atoms with van der Waals surface area (Å²) in [6, 6.07) is 10.3. The van der Waals surface area contributed by atoms with Gasteiger partial charge in [-0.2, -0.15) is 15.2 Å². The molecule has 2 heterocycles. The Bertz CT molecular complexity index is 923. The van der Waals surface area contributed by atoms with Gasteiger partial charge in [0.1, 0.15) is 11.6 Å². The highest BCUT2D eigenvalue weighted by atomic mass is 32.2. The van der Waals surface area contributed by atoms with Crippen LogP contribution >= 0.6 is 11.8 Å². The number of thioether (sulfide) groups is 1. The number of aryl methyl sites for hydroxylation is 1. The Morgan fingerprint density at radius 1 is 1.20 bits per heavy atom. The van der Waals surface area contributed by atoms with Crippen molar-refractivity contribution in [2.45, 2.75) is 31.8 Å². The molecule has 0 amide bonds. The van der Waals surface area contributed by atoms with Crippen LogP contribution in [0.2, 0.25) is 0 Å². The number of unbranched alkanes of at least 4 members (excludes halogenated alkanes) is 1. The Morgan fingerprint density at radius 2 is 1.96 bits per heavy atom. The number of nitrogens with zero attached hydrogens (tertiary/aromatic N) is 5. The predicted molar refractivity (Wildman–Crippen MR) is 101 cm³/mol. The van der Waals surface area contributed by atoms with Crippen LogP contribution in [0.5, 0.6) is 0 Å². The molecule has 0 saturated carbocycles. The van der Waals surface area contributed by atoms with E-state index in [0.29, 0.717) is 22.8 Å². The Hall–Kier alpha value is -2.59. The van der Waals surface area contributed by atoms with Gasteiger partial charge in [-0.3, -0.25) is 4.57 Å². The topological polar surface area (TPSA) is 79.4 Å². The number of nitriles is 1. The van der Waals surface area contributed by atoms with Crippen molar-refractivity contribution in [1.29, 1.82) is 5.26 Å². The fourth-order valence-electron chi connectivity index (χ4n) is 2.54. The van der Waals surface area contributed by atoms with E-state index in [9.17, 15) is 5.26 Å². The quantitative estimate of drug-likeness (QED) is 0.535. The first kappa shape index (κ1) is 17.2. The van der Waals surface area contributed by atoms with Gasteiger partial charge in [0.25, 0.3) is 0 Å². The molecule has 3 aromatic rings. The van der Waals surface area contributed by atoms with E-state index in [1.807, 2.05) is 23.0 Å². The zero-order valence-corrected chi connectivity index (χ0v) is 15.4. The second-order valence-corrected chi connectivity index (χ2v) is 6.50. The summed E-state index contributed by atoms with van der Waals surface area (Å²) in [6.07, 6.45) is 4.07. The number of anilines is 1. The molecule has 128 valence electrons. The van der Waals surface area contributed by atoms with Gasteiger partial charge >= 0.3 is 0 Å². The summed E-state index contributed by atoms with van der Waals surface area (Å²) < 4.78 is 1.98. The molecule has 0 aliphatic heterocycles. The van der Waals surface area contributed by atoms with E-state index in [1.165, 1.54) is 17.3 Å². The van der Waals surface area contributed by atoms with Crippen molar-refractivity contribution in [2.24, 2.45) is 0 Å². The Morgan fingerprint density at radius 3 is 2.60 bits per heavy atom. The normalized spacial score (nSPS) is 10.8. The van der Waals surface area contributed by atoms with Gasteiger partial charge in [0.2, 0.25) is 5.95 Å². The van der Waals surface area contributed by atoms with Crippen molar-refractivity contribution < 1.29 is 0 Å². The van der Waals surface area contributed by atoms with Crippen LogP contribution in [0, 0.1) is 18.3 Å². The Labute approximate surface area is 151 Å². The first-order chi connectivity index (χ1) is 12.2. The molecule has 2 aromatic heterocycles. The largest absolute Gasteiger partial charge is 0.354 e. The highest BCUT2D eigenvalue weighted by molar-refractivity contribution is 7.98. The van der Waals surface area contributed by atoms with Crippen LogP contribution in [0.4, 0.5) is 5.95 Å². The van der Waals surface area contributed by atoms with E-state index in [4.69, 9.17) is 0 Å². The minimum absolute atomic E-state index is 0.296. The van der Waals surface area contributed by atoms with Crippen LogP contribution in [-0.4, -0.2) is 32.3 Å². The molecule has 0 bridgehead atoms. The molecular weight excluding hydrogens is 332 g/mol. The average molecular weight is 352 g/mol. The summed E-state index contributed by atoms with van der Waals surface area (Å²) in [5, 5.41) is 13.5. The van der Waals surface area contributed by atoms with Gasteiger partial charge in [0, 0.05) is 12.2 Å². The maximum Gasteiger partial charge on any atom is 0.226 e. The van der Waals surface area contributed by atoms with E-state index in [0.717, 1.165) is 30.2 Å². The maximum absolute atomic E-state index is 9.49. The summed E-state index contributed by atoms with van der Waals surface area (Å²) in [7, 11) is 0. The third-order valence-corrected chi connectivity index (χ3v) is 4.51. The highest BCUT2D eigenvalue weighted by Gasteiger charge is 2.18. The van der Waals surface area contributed by atoms with Crippen LogP contribution in [-0.2, 0) is 0 Å². The second-order valence-electron chi connectivity index (χ2n) is 5.73. The van der Waals surface area contributed by atoms with Crippen LogP contribution in [0.1, 0.15) is 31.0 Å². The molecule has 6 nitrogen and oxygen atoms in total. The molecule has 0 radical (unpaired) electrons. The molecule has 0 unspecified atom stereocenters. The lowest BCUT2D eigenvalue weighted by atomic mass is 10.2. The molecule has 3 rings (SSSR count). The minimum Gasteiger partial charge on any atom is -0.354 e. The predicted octanol–water partition coefficient (Wildman–Crippen LogP) is 3.93. The van der Waals surface area contributed by atoms with Crippen LogP contribution < -0.4 is 5.32 Å². The number of imidazole rings is 1. The van der Waals surface area contributed by atoms with Gasteiger partial charge in [-0.05, 0) is 31.7 Å². The molecule has 0 atom stereocenters. The first-order valence-electron chi connectivity index (χ1n) is 8.23. The summed E-state index contributed by atoms with van der Waals surface area (Å²) in [4.78, 5) is 13.5. The van der Waals surface area contributed by atoms with Crippen LogP contribution in [0.25, 0.3) is 16.9 Å². The third kappa shape index (κ3) is 3.44. The zero-order valence-electron chi connectivity index (χ0n) is 14.6. The third-order valence-electron chi connectivity index (χ3n) is 3.87. The molecule has 7 heteroatoms. The van der Waals surface area contributed by atoms with Gasteiger partial charge in [-0.25, -0.2) is 4.98 Å². The molecule has 0 saturated heterocycles. The summed E-state index contributed by atoms with van der Waals surface area (Å²) in [5.74, 6) is 0.471. The van der Waals surface area contributed by atoms with E-state index in [2.05, 4.69) is 52.3 Å². The zero-order chi connectivity index (χ0) is 17.8. The molecule has 0 aliphatic carbocycles. The summed E-state index contributed by atoms with van der Waals surface area (Å²) in [6.45, 7) is 4.96. The molecule has 0 fully saturated rings. The molecular formula is C18H20N6S. The molecule has 1 aromatic carbocycles. The van der Waals surface area contributed by atoms with Gasteiger partial charge in [0.15, 0.2) is 16.5 Å². The lowest BCUT2D eigenvalue weighted by Crippen LogP contribution is -2.07. The summed E-state index contributed by atoms with van der Waals surface area (Å²) in [5.41, 5.74) is 3.64. The van der Waals surface area contributed by atoms with Crippen molar-refractivity contribution in [3.63, 3.8) is 0 Å². The van der Waals surface area contributed by atoms with Crippen molar-refractivity contribution in [1.82, 2.24) is 19.5 Å². The van der Waals surface area contributed by atoms with Crippen molar-refractivity contribution in [2.75, 3.05) is 18.1 Å². The van der Waals surface area contributed by atoms with E-state index >= 15 is 0 Å². The fraction of sp³-hybridized carbons (Fsp3) is 0.333. The lowest BCUT2D eigenvalue weighted by molar-refractivity contribution is 0.826. The SMILES string of the molecule is CCCCNc1nc(C#N)c2nc(SC)n(-c3ccc(C)cc3)c2n1. The van der Waals surface area contributed by atoms with E-state index in [1.54, 1.807) is 0 Å². The number of nitrogens with one attached hydrogen (secondary N) is 1. The van der Waals surface area contributed by atoms with Gasteiger partial charge < -0.3 is 5.32 Å². The number of benzene rings is 1. The van der Waals surface area contributed by atoms with Crippen molar-refractivity contribution in [3.8, 4) is 11.8 Å². The molecule has 25 heavy (non-hydrogen) atoms. The number of aromatic nitrogens is 4. The number of fused-ring (bicyclic) bond motifs is 1. The minimum atomic E-state index is 0.296. The second kappa shape index (κ2) is 7.53. The summed E-state index contributed by atoms with van der Waals surface area (Å²) >= 11 is 1.52. The van der Waals surface area contributed by atoms with E-state index in [-0.39, 0.29) is 0 Å². The Kier molecular flexibility index (Phi) is 5.19. The van der Waals surface area contributed by atoms with Crippen molar-refractivity contribution >= 4 is 28.9 Å². The lowest BCUT2D eigenvalue weighted by Gasteiger charge is -2.09. The van der Waals surface area contributed by atoms with Crippen molar-refractivity contribution in [3.05, 3.63) is 35.5 Å². The number of hydrogen-bond acceptors (Lipinski definition) is 6. The molecule has 1 N–H and O–H groups in total. The first-order valence-corrected chi connectivity index (χ1v) is 9.46. The smallest absolute Gasteiger partial charge is 0.226 e. The van der Waals surface area contributed by atoms with Gasteiger partial charge in [-0.1, -0.05) is 42.8 Å².